The normalized spacial score (nSPS) is 24.9. The molecule has 2 aliphatic heterocycles. The second-order valence-electron chi connectivity index (χ2n) is 3.58. The van der Waals surface area contributed by atoms with Crippen LogP contribution in [0.3, 0.4) is 0 Å². The molecule has 16 heavy (non-hydrogen) atoms. The van der Waals surface area contributed by atoms with Crippen molar-refractivity contribution in [1.82, 2.24) is 4.90 Å². The lowest BCUT2D eigenvalue weighted by Crippen LogP contribution is -2.45. The Balaban J connectivity index is 1.90. The Kier molecular flexibility index (Phi) is 3.04. The number of morpholine rings is 1. The first-order valence-corrected chi connectivity index (χ1v) is 5.01. The van der Waals surface area contributed by atoms with Crippen molar-refractivity contribution in [1.29, 1.82) is 0 Å². The topological polar surface area (TPSA) is 88.4 Å². The Bertz CT molecular complexity index is 335. The third-order valence-electron chi connectivity index (χ3n) is 2.51. The molecular weight excluding hydrogens is 216 g/mol. The number of ether oxygens (including phenoxy) is 1. The molecule has 1 N–H and O–H groups in total. The van der Waals surface area contributed by atoms with E-state index in [0.717, 1.165) is 0 Å². The number of carboxylic acid groups (broad SMARTS) is 1. The van der Waals surface area contributed by atoms with Gasteiger partial charge in [-0.25, -0.2) is 4.79 Å². The second kappa shape index (κ2) is 4.48. The number of hydrogen-bond donors (Lipinski definition) is 1. The van der Waals surface area contributed by atoms with E-state index >= 15 is 0 Å². The molecule has 1 atom stereocenters. The van der Waals surface area contributed by atoms with Gasteiger partial charge in [-0.05, 0) is 0 Å². The Morgan fingerprint density at radius 3 is 2.62 bits per heavy atom. The molecule has 2 aliphatic rings. The lowest BCUT2D eigenvalue weighted by Gasteiger charge is -2.28. The van der Waals surface area contributed by atoms with Gasteiger partial charge in [0, 0.05) is 19.5 Å². The smallest absolute Gasteiger partial charge is 0.353 e. The highest BCUT2D eigenvalue weighted by Gasteiger charge is 2.34. The summed E-state index contributed by atoms with van der Waals surface area (Å²) < 4.78 is 5.11. The number of carbonyl (C=O) groups is 2. The molecule has 0 aromatic heterocycles. The maximum Gasteiger partial charge on any atom is 0.353 e. The van der Waals surface area contributed by atoms with Crippen LogP contribution in [-0.4, -0.2) is 60.0 Å². The SMILES string of the molecule is O=C(O)C1=NOC(C(=O)N2CCOCC2)C1. The number of carbonyl (C=O) groups excluding carboxylic acids is 1. The van der Waals surface area contributed by atoms with Crippen LogP contribution in [0.1, 0.15) is 6.42 Å². The highest BCUT2D eigenvalue weighted by molar-refractivity contribution is 6.36. The second-order valence-corrected chi connectivity index (χ2v) is 3.58. The summed E-state index contributed by atoms with van der Waals surface area (Å²) in [6.07, 6.45) is -0.755. The van der Waals surface area contributed by atoms with Gasteiger partial charge in [-0.2, -0.15) is 0 Å². The van der Waals surface area contributed by atoms with Gasteiger partial charge in [0.15, 0.2) is 5.71 Å². The van der Waals surface area contributed by atoms with Gasteiger partial charge in [0.25, 0.3) is 5.91 Å². The van der Waals surface area contributed by atoms with Crippen molar-refractivity contribution in [3.8, 4) is 0 Å². The van der Waals surface area contributed by atoms with Gasteiger partial charge >= 0.3 is 5.97 Å². The predicted molar refractivity (Wildman–Crippen MR) is 52.0 cm³/mol. The van der Waals surface area contributed by atoms with E-state index in [2.05, 4.69) is 5.16 Å². The molecular formula is C9H12N2O5. The van der Waals surface area contributed by atoms with Gasteiger partial charge in [0.2, 0.25) is 6.10 Å². The summed E-state index contributed by atoms with van der Waals surface area (Å²) in [5.41, 5.74) is -0.105. The number of hydrogen-bond acceptors (Lipinski definition) is 5. The Morgan fingerprint density at radius 2 is 2.06 bits per heavy atom. The zero-order valence-corrected chi connectivity index (χ0v) is 8.59. The molecule has 7 nitrogen and oxygen atoms in total. The van der Waals surface area contributed by atoms with Crippen LogP contribution in [0.2, 0.25) is 0 Å². The highest BCUT2D eigenvalue weighted by Crippen LogP contribution is 2.14. The molecule has 1 fully saturated rings. The van der Waals surface area contributed by atoms with Crippen LogP contribution in [0.4, 0.5) is 0 Å². The fourth-order valence-electron chi connectivity index (χ4n) is 1.62. The van der Waals surface area contributed by atoms with Crippen molar-refractivity contribution < 1.29 is 24.3 Å². The first-order valence-electron chi connectivity index (χ1n) is 5.01. The summed E-state index contributed by atoms with van der Waals surface area (Å²) in [6.45, 7) is 2.04. The molecule has 2 rings (SSSR count). The fourth-order valence-corrected chi connectivity index (χ4v) is 1.62. The largest absolute Gasteiger partial charge is 0.477 e. The summed E-state index contributed by atoms with van der Waals surface area (Å²) in [6, 6.07) is 0. The molecule has 2 heterocycles. The van der Waals surface area contributed by atoms with Crippen LogP contribution in [0.5, 0.6) is 0 Å². The standard InChI is InChI=1S/C9H12N2O5/c12-8(11-1-3-15-4-2-11)7-5-6(9(13)14)10-16-7/h7H,1-5H2,(H,13,14). The van der Waals surface area contributed by atoms with E-state index in [1.54, 1.807) is 4.90 Å². The first-order chi connectivity index (χ1) is 7.68. The minimum atomic E-state index is -1.14. The maximum atomic E-state index is 11.8. The minimum Gasteiger partial charge on any atom is -0.477 e. The minimum absolute atomic E-state index is 0.0333. The number of nitrogens with zero attached hydrogens (tertiary/aromatic N) is 2. The molecule has 1 unspecified atom stereocenters. The third-order valence-corrected chi connectivity index (χ3v) is 2.51. The molecule has 0 aromatic carbocycles. The van der Waals surface area contributed by atoms with Crippen molar-refractivity contribution >= 4 is 17.6 Å². The maximum absolute atomic E-state index is 11.8. The van der Waals surface area contributed by atoms with Crippen molar-refractivity contribution in [3.05, 3.63) is 0 Å². The number of aliphatic carboxylic acids is 1. The Morgan fingerprint density at radius 1 is 1.38 bits per heavy atom. The van der Waals surface area contributed by atoms with Crippen molar-refractivity contribution in [2.45, 2.75) is 12.5 Å². The highest BCUT2D eigenvalue weighted by atomic mass is 16.6. The zero-order valence-electron chi connectivity index (χ0n) is 8.59. The summed E-state index contributed by atoms with van der Waals surface area (Å²) in [4.78, 5) is 28.9. The molecule has 0 aromatic rings. The molecule has 0 aliphatic carbocycles. The van der Waals surface area contributed by atoms with Gasteiger partial charge in [0.1, 0.15) is 0 Å². The van der Waals surface area contributed by atoms with Crippen LogP contribution < -0.4 is 0 Å². The molecule has 88 valence electrons. The summed E-state index contributed by atoms with van der Waals surface area (Å²) in [7, 11) is 0. The van der Waals surface area contributed by atoms with E-state index in [1.807, 2.05) is 0 Å². The fraction of sp³-hybridized carbons (Fsp3) is 0.667. The number of carboxylic acids is 1. The van der Waals surface area contributed by atoms with Crippen LogP contribution in [0.15, 0.2) is 5.16 Å². The lowest BCUT2D eigenvalue weighted by atomic mass is 10.1. The Hall–Kier alpha value is -1.63. The van der Waals surface area contributed by atoms with Gasteiger partial charge in [0.05, 0.1) is 13.2 Å². The van der Waals surface area contributed by atoms with E-state index in [4.69, 9.17) is 14.7 Å². The summed E-state index contributed by atoms with van der Waals surface area (Å²) >= 11 is 0. The van der Waals surface area contributed by atoms with E-state index in [0.29, 0.717) is 26.3 Å². The molecule has 1 saturated heterocycles. The van der Waals surface area contributed by atoms with Gasteiger partial charge in [-0.15, -0.1) is 0 Å². The van der Waals surface area contributed by atoms with Crippen LogP contribution in [0, 0.1) is 0 Å². The number of rotatable bonds is 2. The van der Waals surface area contributed by atoms with E-state index < -0.39 is 12.1 Å². The molecule has 0 bridgehead atoms. The van der Waals surface area contributed by atoms with Crippen molar-refractivity contribution in [2.75, 3.05) is 26.3 Å². The van der Waals surface area contributed by atoms with Gasteiger partial charge in [-0.1, -0.05) is 5.16 Å². The average Bonchev–Trinajstić information content (AvgIpc) is 2.78. The number of oxime groups is 1. The van der Waals surface area contributed by atoms with Crippen molar-refractivity contribution in [3.63, 3.8) is 0 Å². The molecule has 7 heteroatoms. The average molecular weight is 228 g/mol. The zero-order chi connectivity index (χ0) is 11.5. The quantitative estimate of drug-likeness (QED) is 0.660. The molecule has 1 amide bonds. The molecule has 0 spiro atoms. The van der Waals surface area contributed by atoms with Gasteiger partial charge < -0.3 is 19.6 Å². The van der Waals surface area contributed by atoms with Gasteiger partial charge in [-0.3, -0.25) is 4.79 Å². The summed E-state index contributed by atoms with van der Waals surface area (Å²) in [5, 5.41) is 12.0. The van der Waals surface area contributed by atoms with Crippen LogP contribution in [-0.2, 0) is 19.2 Å². The lowest BCUT2D eigenvalue weighted by molar-refractivity contribution is -0.146. The Labute approximate surface area is 91.6 Å². The van der Waals surface area contributed by atoms with E-state index in [9.17, 15) is 9.59 Å². The summed E-state index contributed by atoms with van der Waals surface area (Å²) in [5.74, 6) is -1.36. The molecule has 0 radical (unpaired) electrons. The predicted octanol–water partition coefficient (Wildman–Crippen LogP) is -0.925. The van der Waals surface area contributed by atoms with Crippen LogP contribution in [0.25, 0.3) is 0 Å². The van der Waals surface area contributed by atoms with E-state index in [1.165, 1.54) is 0 Å². The third kappa shape index (κ3) is 2.13. The molecule has 0 saturated carbocycles. The first kappa shape index (κ1) is 10.9. The van der Waals surface area contributed by atoms with Crippen molar-refractivity contribution in [2.24, 2.45) is 5.16 Å². The monoisotopic (exact) mass is 228 g/mol. The van der Waals surface area contributed by atoms with E-state index in [-0.39, 0.29) is 18.0 Å². The number of amides is 1. The van der Waals surface area contributed by atoms with Crippen LogP contribution >= 0.6 is 0 Å².